The van der Waals surface area contributed by atoms with Crippen molar-refractivity contribution in [1.82, 2.24) is 9.88 Å². The Morgan fingerprint density at radius 3 is 2.68 bits per heavy atom. The van der Waals surface area contributed by atoms with Gasteiger partial charge in [-0.1, -0.05) is 13.8 Å². The van der Waals surface area contributed by atoms with E-state index in [2.05, 4.69) is 19.2 Å². The van der Waals surface area contributed by atoms with E-state index in [0.29, 0.717) is 37.1 Å². The summed E-state index contributed by atoms with van der Waals surface area (Å²) >= 11 is 0. The van der Waals surface area contributed by atoms with Crippen LogP contribution in [0.25, 0.3) is 0 Å². The predicted octanol–water partition coefficient (Wildman–Crippen LogP) is 2.05. The number of nitrogen functional groups attached to an aromatic ring is 1. The summed E-state index contributed by atoms with van der Waals surface area (Å²) in [4.78, 5) is 12.0. The molecule has 1 heterocycles. The minimum atomic E-state index is -0.112. The number of rotatable bonds is 7. The number of hydrogen-bond acceptors (Lipinski definition) is 3. The number of ether oxygens (including phenoxy) is 1. The summed E-state index contributed by atoms with van der Waals surface area (Å²) in [7, 11) is 0. The molecule has 5 nitrogen and oxygen atoms in total. The summed E-state index contributed by atoms with van der Waals surface area (Å²) in [5, 5.41) is 2.84. The second-order valence-corrected chi connectivity index (χ2v) is 5.38. The van der Waals surface area contributed by atoms with Crippen LogP contribution in [-0.2, 0) is 4.74 Å². The Hall–Kier alpha value is -1.49. The normalized spacial score (nSPS) is 11.3. The molecule has 108 valence electrons. The highest BCUT2D eigenvalue weighted by atomic mass is 16.5. The number of amides is 1. The van der Waals surface area contributed by atoms with Crippen LogP contribution in [0.5, 0.6) is 0 Å². The molecule has 0 saturated heterocycles. The molecule has 0 aliphatic rings. The molecule has 0 unspecified atom stereocenters. The lowest BCUT2D eigenvalue weighted by Gasteiger charge is -2.13. The molecule has 0 aliphatic carbocycles. The first-order valence-electron chi connectivity index (χ1n) is 6.75. The fraction of sp³-hybridized carbons (Fsp3) is 0.643. The molecule has 3 N–H and O–H groups in total. The zero-order valence-electron chi connectivity index (χ0n) is 12.3. The van der Waals surface area contributed by atoms with Crippen LogP contribution >= 0.6 is 0 Å². The minimum absolute atomic E-state index is 0.112. The highest BCUT2D eigenvalue weighted by Crippen LogP contribution is 2.16. The zero-order valence-corrected chi connectivity index (χ0v) is 12.3. The van der Waals surface area contributed by atoms with Gasteiger partial charge in [-0.2, -0.15) is 0 Å². The average molecular weight is 267 g/mol. The van der Waals surface area contributed by atoms with Crippen LogP contribution in [0.4, 0.5) is 5.69 Å². The third-order valence-corrected chi connectivity index (χ3v) is 2.64. The van der Waals surface area contributed by atoms with Crippen LogP contribution in [0.1, 0.15) is 44.2 Å². The van der Waals surface area contributed by atoms with E-state index in [1.54, 1.807) is 12.3 Å². The molecular weight excluding hydrogens is 242 g/mol. The molecule has 1 rings (SSSR count). The summed E-state index contributed by atoms with van der Waals surface area (Å²) in [5.41, 5.74) is 6.94. The first-order valence-corrected chi connectivity index (χ1v) is 6.75. The fourth-order valence-corrected chi connectivity index (χ4v) is 1.76. The Morgan fingerprint density at radius 1 is 1.42 bits per heavy atom. The molecule has 0 atom stereocenters. The van der Waals surface area contributed by atoms with Crippen molar-refractivity contribution in [3.05, 3.63) is 18.0 Å². The zero-order chi connectivity index (χ0) is 14.4. The van der Waals surface area contributed by atoms with Crippen LogP contribution in [0, 0.1) is 5.92 Å². The van der Waals surface area contributed by atoms with Crippen LogP contribution in [0.2, 0.25) is 0 Å². The van der Waals surface area contributed by atoms with Gasteiger partial charge in [0.25, 0.3) is 5.91 Å². The Kier molecular flexibility index (Phi) is 5.89. The molecule has 19 heavy (non-hydrogen) atoms. The van der Waals surface area contributed by atoms with Crippen molar-refractivity contribution in [3.63, 3.8) is 0 Å². The van der Waals surface area contributed by atoms with Crippen molar-refractivity contribution in [3.8, 4) is 0 Å². The third kappa shape index (κ3) is 4.95. The molecule has 0 bridgehead atoms. The quantitative estimate of drug-likeness (QED) is 0.743. The number of carbonyl (C=O) groups is 1. The summed E-state index contributed by atoms with van der Waals surface area (Å²) < 4.78 is 7.29. The molecule has 0 aliphatic heterocycles. The molecule has 0 spiro atoms. The van der Waals surface area contributed by atoms with E-state index < -0.39 is 0 Å². The third-order valence-electron chi connectivity index (χ3n) is 2.64. The second-order valence-electron chi connectivity index (χ2n) is 5.38. The maximum absolute atomic E-state index is 12.0. The van der Waals surface area contributed by atoms with Crippen molar-refractivity contribution < 1.29 is 9.53 Å². The van der Waals surface area contributed by atoms with E-state index in [9.17, 15) is 4.79 Å². The molecule has 0 aromatic carbocycles. The maximum Gasteiger partial charge on any atom is 0.268 e. The van der Waals surface area contributed by atoms with Gasteiger partial charge in [-0.25, -0.2) is 0 Å². The standard InChI is InChI=1S/C14H25N3O2/c1-10(2)9-19-6-5-16-14(18)13-7-12(15)8-17(13)11(3)4/h7-8,10-11H,5-6,9,15H2,1-4H3,(H,16,18). The molecule has 1 amide bonds. The van der Waals surface area contributed by atoms with Gasteiger partial charge in [0.15, 0.2) is 0 Å². The first-order chi connectivity index (χ1) is 8.91. The molecule has 0 radical (unpaired) electrons. The topological polar surface area (TPSA) is 69.3 Å². The van der Waals surface area contributed by atoms with Gasteiger partial charge in [-0.05, 0) is 25.8 Å². The summed E-state index contributed by atoms with van der Waals surface area (Å²) in [6.45, 7) is 9.97. The van der Waals surface area contributed by atoms with Gasteiger partial charge >= 0.3 is 0 Å². The summed E-state index contributed by atoms with van der Waals surface area (Å²) in [6, 6.07) is 1.90. The van der Waals surface area contributed by atoms with Gasteiger partial charge in [0.1, 0.15) is 5.69 Å². The maximum atomic E-state index is 12.0. The summed E-state index contributed by atoms with van der Waals surface area (Å²) in [6.07, 6.45) is 1.79. The highest BCUT2D eigenvalue weighted by Gasteiger charge is 2.14. The van der Waals surface area contributed by atoms with Crippen LogP contribution in [0.15, 0.2) is 12.3 Å². The Balaban J connectivity index is 2.45. The highest BCUT2D eigenvalue weighted by molar-refractivity contribution is 5.93. The summed E-state index contributed by atoms with van der Waals surface area (Å²) in [5.74, 6) is 0.396. The number of hydrogen-bond donors (Lipinski definition) is 2. The van der Waals surface area contributed by atoms with E-state index >= 15 is 0 Å². The van der Waals surface area contributed by atoms with E-state index in [1.807, 2.05) is 18.4 Å². The van der Waals surface area contributed by atoms with Crippen LogP contribution in [0.3, 0.4) is 0 Å². The van der Waals surface area contributed by atoms with Gasteiger partial charge in [0.05, 0.1) is 12.3 Å². The minimum Gasteiger partial charge on any atom is -0.397 e. The number of nitrogens with one attached hydrogen (secondary N) is 1. The molecular formula is C14H25N3O2. The van der Waals surface area contributed by atoms with Crippen LogP contribution < -0.4 is 11.1 Å². The number of nitrogens with two attached hydrogens (primary N) is 1. The van der Waals surface area contributed by atoms with Gasteiger partial charge in [-0.3, -0.25) is 4.79 Å². The van der Waals surface area contributed by atoms with E-state index in [1.165, 1.54) is 0 Å². The van der Waals surface area contributed by atoms with Gasteiger partial charge in [0, 0.05) is 25.4 Å². The number of anilines is 1. The van der Waals surface area contributed by atoms with Gasteiger partial charge < -0.3 is 20.4 Å². The number of carbonyl (C=O) groups excluding carboxylic acids is 1. The van der Waals surface area contributed by atoms with Crippen LogP contribution in [-0.4, -0.2) is 30.2 Å². The van der Waals surface area contributed by atoms with Crippen molar-refractivity contribution >= 4 is 11.6 Å². The lowest BCUT2D eigenvalue weighted by Crippen LogP contribution is -2.29. The van der Waals surface area contributed by atoms with Crippen molar-refractivity contribution in [1.29, 1.82) is 0 Å². The lowest BCUT2D eigenvalue weighted by molar-refractivity contribution is 0.0877. The predicted molar refractivity (Wildman–Crippen MR) is 77.2 cm³/mol. The van der Waals surface area contributed by atoms with Crippen molar-refractivity contribution in [2.24, 2.45) is 5.92 Å². The smallest absolute Gasteiger partial charge is 0.268 e. The Morgan fingerprint density at radius 2 is 2.11 bits per heavy atom. The fourth-order valence-electron chi connectivity index (χ4n) is 1.76. The molecule has 5 heteroatoms. The Bertz CT molecular complexity index is 411. The van der Waals surface area contributed by atoms with Crippen molar-refractivity contribution in [2.45, 2.75) is 33.7 Å². The molecule has 0 fully saturated rings. The first kappa shape index (κ1) is 15.6. The second kappa shape index (κ2) is 7.19. The largest absolute Gasteiger partial charge is 0.397 e. The molecule has 1 aromatic rings. The van der Waals surface area contributed by atoms with Gasteiger partial charge in [-0.15, -0.1) is 0 Å². The van der Waals surface area contributed by atoms with E-state index in [4.69, 9.17) is 10.5 Å². The number of aromatic nitrogens is 1. The lowest BCUT2D eigenvalue weighted by atomic mass is 10.2. The molecule has 0 saturated carbocycles. The van der Waals surface area contributed by atoms with Gasteiger partial charge in [0.2, 0.25) is 0 Å². The average Bonchev–Trinajstić information content (AvgIpc) is 2.70. The Labute approximate surface area is 115 Å². The SMILES string of the molecule is CC(C)COCCNC(=O)c1cc(N)cn1C(C)C. The molecule has 1 aromatic heterocycles. The number of nitrogens with zero attached hydrogens (tertiary/aromatic N) is 1. The van der Waals surface area contributed by atoms with E-state index in [0.717, 1.165) is 0 Å². The van der Waals surface area contributed by atoms with E-state index in [-0.39, 0.29) is 11.9 Å². The van der Waals surface area contributed by atoms with Crippen molar-refractivity contribution in [2.75, 3.05) is 25.5 Å². The monoisotopic (exact) mass is 267 g/mol.